The van der Waals surface area contributed by atoms with Crippen molar-refractivity contribution in [1.82, 2.24) is 10.1 Å². The number of nitrogens with zero attached hydrogens (tertiary/aromatic N) is 2. The first kappa shape index (κ1) is 19.1. The molecule has 3 rings (SSSR count). The molecule has 0 aliphatic rings. The van der Waals surface area contributed by atoms with Crippen LogP contribution in [0.5, 0.6) is 5.75 Å². The summed E-state index contributed by atoms with van der Waals surface area (Å²) in [5, 5.41) is 6.79. The maximum absolute atomic E-state index is 12.1. The highest BCUT2D eigenvalue weighted by Crippen LogP contribution is 2.23. The van der Waals surface area contributed by atoms with Crippen molar-refractivity contribution >= 4 is 27.5 Å². The lowest BCUT2D eigenvalue weighted by atomic mass is 10.2. The molecule has 1 heterocycles. The number of anilines is 1. The molecule has 1 amide bonds. The monoisotopic (exact) mass is 429 g/mol. The fourth-order valence-electron chi connectivity index (χ4n) is 2.38. The molecule has 0 spiro atoms. The number of ether oxygens (including phenoxy) is 1. The first-order chi connectivity index (χ1) is 12.9. The Morgan fingerprint density at radius 2 is 1.96 bits per heavy atom. The number of benzene rings is 2. The number of aromatic nitrogens is 2. The topological polar surface area (TPSA) is 77.2 Å². The highest BCUT2D eigenvalue weighted by Gasteiger charge is 2.12. The van der Waals surface area contributed by atoms with Crippen LogP contribution in [0, 0.1) is 6.92 Å². The Balaban J connectivity index is 1.57. The van der Waals surface area contributed by atoms with Crippen LogP contribution in [-0.2, 0) is 4.79 Å². The average molecular weight is 430 g/mol. The summed E-state index contributed by atoms with van der Waals surface area (Å²) in [4.78, 5) is 16.5. The molecule has 1 aromatic heterocycles. The van der Waals surface area contributed by atoms with Gasteiger partial charge in [0.05, 0.1) is 0 Å². The Bertz CT molecular complexity index is 936. The number of carbonyl (C=O) groups excluding carboxylic acids is 1. The first-order valence-corrected chi connectivity index (χ1v) is 9.34. The summed E-state index contributed by atoms with van der Waals surface area (Å²) in [6, 6.07) is 12.9. The van der Waals surface area contributed by atoms with Gasteiger partial charge in [0.2, 0.25) is 0 Å². The van der Waals surface area contributed by atoms with Gasteiger partial charge in [0.25, 0.3) is 11.8 Å². The number of hydrogen-bond acceptors (Lipinski definition) is 5. The number of carbonyl (C=O) groups is 1. The normalized spacial score (nSPS) is 10.9. The zero-order valence-electron chi connectivity index (χ0n) is 15.3. The third-order valence-electron chi connectivity index (χ3n) is 3.89. The molecule has 2 aromatic carbocycles. The van der Waals surface area contributed by atoms with E-state index in [1.54, 1.807) is 12.1 Å². The van der Waals surface area contributed by atoms with Crippen LogP contribution >= 0.6 is 15.9 Å². The van der Waals surface area contributed by atoms with E-state index in [0.29, 0.717) is 17.5 Å². The van der Waals surface area contributed by atoms with Crippen LogP contribution in [-0.4, -0.2) is 22.7 Å². The second-order valence-electron chi connectivity index (χ2n) is 6.43. The van der Waals surface area contributed by atoms with Gasteiger partial charge < -0.3 is 14.6 Å². The number of halogens is 1. The fraction of sp³-hybridized carbons (Fsp3) is 0.250. The minimum atomic E-state index is -0.219. The van der Waals surface area contributed by atoms with E-state index < -0.39 is 0 Å². The molecule has 0 atom stereocenters. The highest BCUT2D eigenvalue weighted by atomic mass is 79.9. The molecule has 0 unspecified atom stereocenters. The second-order valence-corrected chi connectivity index (χ2v) is 7.35. The number of rotatable bonds is 6. The summed E-state index contributed by atoms with van der Waals surface area (Å²) >= 11 is 3.40. The Hall–Kier alpha value is -2.67. The van der Waals surface area contributed by atoms with Crippen LogP contribution in [0.4, 0.5) is 5.69 Å². The van der Waals surface area contributed by atoms with Gasteiger partial charge in [-0.3, -0.25) is 4.79 Å². The van der Waals surface area contributed by atoms with E-state index in [0.717, 1.165) is 21.3 Å². The Morgan fingerprint density at radius 3 is 2.59 bits per heavy atom. The van der Waals surface area contributed by atoms with E-state index in [4.69, 9.17) is 9.26 Å². The number of nitrogens with one attached hydrogen (secondary N) is 1. The van der Waals surface area contributed by atoms with Gasteiger partial charge in [-0.2, -0.15) is 4.98 Å². The Morgan fingerprint density at radius 1 is 1.22 bits per heavy atom. The van der Waals surface area contributed by atoms with Crippen molar-refractivity contribution in [1.29, 1.82) is 0 Å². The van der Waals surface area contributed by atoms with Crippen molar-refractivity contribution < 1.29 is 14.1 Å². The fourth-order valence-corrected chi connectivity index (χ4v) is 2.86. The van der Waals surface area contributed by atoms with Gasteiger partial charge in [0.1, 0.15) is 5.75 Å². The molecule has 0 radical (unpaired) electrons. The lowest BCUT2D eigenvalue weighted by Gasteiger charge is -2.10. The standard InChI is InChI=1S/C20H20BrN3O3/c1-12(2)19-23-20(27-24-19)14-4-7-16(8-5-14)26-11-18(25)22-17-9-6-15(21)10-13(17)3/h4-10,12H,11H2,1-3H3,(H,22,25). The van der Waals surface area contributed by atoms with Crippen molar-refractivity contribution in [3.63, 3.8) is 0 Å². The largest absolute Gasteiger partial charge is 0.484 e. The molecule has 0 bridgehead atoms. The van der Waals surface area contributed by atoms with Crippen LogP contribution in [0.25, 0.3) is 11.5 Å². The van der Waals surface area contributed by atoms with Gasteiger partial charge in [0.15, 0.2) is 12.4 Å². The Kier molecular flexibility index (Phi) is 5.91. The highest BCUT2D eigenvalue weighted by molar-refractivity contribution is 9.10. The molecule has 0 aliphatic carbocycles. The summed E-state index contributed by atoms with van der Waals surface area (Å²) < 4.78 is 11.8. The van der Waals surface area contributed by atoms with Gasteiger partial charge in [-0.15, -0.1) is 0 Å². The van der Waals surface area contributed by atoms with Crippen molar-refractivity contribution in [3.05, 3.63) is 58.3 Å². The summed E-state index contributed by atoms with van der Waals surface area (Å²) in [5.74, 6) is 1.71. The molecule has 0 aliphatic heterocycles. The van der Waals surface area contributed by atoms with E-state index >= 15 is 0 Å². The molecule has 0 saturated carbocycles. The third-order valence-corrected chi connectivity index (χ3v) is 4.39. The van der Waals surface area contributed by atoms with Crippen LogP contribution in [0.3, 0.4) is 0 Å². The van der Waals surface area contributed by atoms with Crippen molar-refractivity contribution in [3.8, 4) is 17.2 Å². The van der Waals surface area contributed by atoms with E-state index in [2.05, 4.69) is 31.4 Å². The summed E-state index contributed by atoms with van der Waals surface area (Å²) in [7, 11) is 0. The molecular formula is C20H20BrN3O3. The molecule has 140 valence electrons. The third kappa shape index (κ3) is 4.95. The van der Waals surface area contributed by atoms with Crippen molar-refractivity contribution in [2.45, 2.75) is 26.7 Å². The molecule has 0 fully saturated rings. The quantitative estimate of drug-likeness (QED) is 0.599. The molecule has 6 nitrogen and oxygen atoms in total. The zero-order chi connectivity index (χ0) is 19.4. The van der Waals surface area contributed by atoms with E-state index in [9.17, 15) is 4.79 Å². The first-order valence-electron chi connectivity index (χ1n) is 8.55. The zero-order valence-corrected chi connectivity index (χ0v) is 16.9. The maximum Gasteiger partial charge on any atom is 0.262 e. The number of amides is 1. The molecule has 0 saturated heterocycles. The Labute approximate surface area is 166 Å². The van der Waals surface area contributed by atoms with Crippen LogP contribution in [0.15, 0.2) is 51.5 Å². The average Bonchev–Trinajstić information content (AvgIpc) is 3.13. The van der Waals surface area contributed by atoms with Crippen LogP contribution < -0.4 is 10.1 Å². The van der Waals surface area contributed by atoms with E-state index in [1.807, 2.05) is 51.1 Å². The van der Waals surface area contributed by atoms with Gasteiger partial charge >= 0.3 is 0 Å². The maximum atomic E-state index is 12.1. The predicted molar refractivity (Wildman–Crippen MR) is 107 cm³/mol. The smallest absolute Gasteiger partial charge is 0.262 e. The molecule has 7 heteroatoms. The lowest BCUT2D eigenvalue weighted by molar-refractivity contribution is -0.118. The summed E-state index contributed by atoms with van der Waals surface area (Å²) in [5.41, 5.74) is 2.54. The molecule has 1 N–H and O–H groups in total. The lowest BCUT2D eigenvalue weighted by Crippen LogP contribution is -2.20. The van der Waals surface area contributed by atoms with Gasteiger partial charge in [0, 0.05) is 21.6 Å². The van der Waals surface area contributed by atoms with Crippen LogP contribution in [0.1, 0.15) is 31.2 Å². The van der Waals surface area contributed by atoms with E-state index in [-0.39, 0.29) is 18.4 Å². The van der Waals surface area contributed by atoms with Crippen molar-refractivity contribution in [2.24, 2.45) is 0 Å². The number of hydrogen-bond donors (Lipinski definition) is 1. The molecular weight excluding hydrogens is 410 g/mol. The van der Waals surface area contributed by atoms with E-state index in [1.165, 1.54) is 0 Å². The summed E-state index contributed by atoms with van der Waals surface area (Å²) in [6.07, 6.45) is 0. The predicted octanol–water partition coefficient (Wildman–Crippen LogP) is 4.95. The second kappa shape index (κ2) is 8.35. The minimum absolute atomic E-state index is 0.0765. The molecule has 27 heavy (non-hydrogen) atoms. The van der Waals surface area contributed by atoms with Gasteiger partial charge in [-0.25, -0.2) is 0 Å². The van der Waals surface area contributed by atoms with Crippen molar-refractivity contribution in [2.75, 3.05) is 11.9 Å². The molecule has 3 aromatic rings. The van der Waals surface area contributed by atoms with Crippen LogP contribution in [0.2, 0.25) is 0 Å². The summed E-state index contributed by atoms with van der Waals surface area (Å²) in [6.45, 7) is 5.87. The minimum Gasteiger partial charge on any atom is -0.484 e. The van der Waals surface area contributed by atoms with Gasteiger partial charge in [-0.05, 0) is 55.0 Å². The number of aryl methyl sites for hydroxylation is 1. The SMILES string of the molecule is Cc1cc(Br)ccc1NC(=O)COc1ccc(-c2nc(C(C)C)no2)cc1. The van der Waals surface area contributed by atoms with Gasteiger partial charge in [-0.1, -0.05) is 34.9 Å².